The lowest BCUT2D eigenvalue weighted by atomic mass is 9.94. The van der Waals surface area contributed by atoms with E-state index in [9.17, 15) is 0 Å². The molecule has 1 aromatic carbocycles. The van der Waals surface area contributed by atoms with Crippen molar-refractivity contribution in [3.8, 4) is 11.1 Å². The Morgan fingerprint density at radius 2 is 2.00 bits per heavy atom. The molecule has 0 aliphatic heterocycles. The zero-order valence-electron chi connectivity index (χ0n) is 15.5. The van der Waals surface area contributed by atoms with Gasteiger partial charge in [-0.3, -0.25) is 4.98 Å². The van der Waals surface area contributed by atoms with Crippen LogP contribution in [0, 0.1) is 13.8 Å². The van der Waals surface area contributed by atoms with Crippen molar-refractivity contribution in [1.29, 1.82) is 0 Å². The van der Waals surface area contributed by atoms with E-state index in [4.69, 9.17) is 4.74 Å². The summed E-state index contributed by atoms with van der Waals surface area (Å²) in [6.07, 6.45) is 14.5. The topological polar surface area (TPSA) is 22.1 Å². The Balaban J connectivity index is 1.74. The molecule has 2 aromatic rings. The number of hydrogen-bond acceptors (Lipinski definition) is 2. The molecule has 0 unspecified atom stereocenters. The van der Waals surface area contributed by atoms with Gasteiger partial charge in [0.05, 0.1) is 12.7 Å². The second-order valence-electron chi connectivity index (χ2n) is 6.75. The summed E-state index contributed by atoms with van der Waals surface area (Å²) in [5, 5.41) is 0. The molecule has 25 heavy (non-hydrogen) atoms. The van der Waals surface area contributed by atoms with E-state index in [0.717, 1.165) is 0 Å². The number of nitrogens with zero attached hydrogens (tertiary/aromatic N) is 1. The summed E-state index contributed by atoms with van der Waals surface area (Å²) in [4.78, 5) is 4.28. The lowest BCUT2D eigenvalue weighted by Crippen LogP contribution is -2.21. The van der Waals surface area contributed by atoms with Crippen molar-refractivity contribution in [3.05, 3.63) is 71.6 Å². The van der Waals surface area contributed by atoms with Gasteiger partial charge in [0.2, 0.25) is 0 Å². The molecule has 2 nitrogen and oxygen atoms in total. The quantitative estimate of drug-likeness (QED) is 0.615. The zero-order chi connectivity index (χ0) is 17.6. The van der Waals surface area contributed by atoms with Crippen molar-refractivity contribution >= 4 is 5.57 Å². The van der Waals surface area contributed by atoms with Crippen LogP contribution in [0.1, 0.15) is 42.9 Å². The number of aryl methyl sites for hydroxylation is 2. The molecule has 1 saturated carbocycles. The number of ether oxygens (including phenoxy) is 1. The van der Waals surface area contributed by atoms with Crippen LogP contribution in [0.5, 0.6) is 0 Å². The molecular formula is C23H27NO. The van der Waals surface area contributed by atoms with E-state index in [1.54, 1.807) is 0 Å². The van der Waals surface area contributed by atoms with Gasteiger partial charge >= 0.3 is 0 Å². The van der Waals surface area contributed by atoms with Crippen LogP contribution >= 0.6 is 0 Å². The molecule has 3 rings (SSSR count). The smallest absolute Gasteiger partial charge is 0.0654 e. The van der Waals surface area contributed by atoms with Crippen molar-refractivity contribution in [2.75, 3.05) is 6.61 Å². The molecule has 0 radical (unpaired) electrons. The van der Waals surface area contributed by atoms with Crippen LogP contribution in [-0.2, 0) is 4.74 Å². The van der Waals surface area contributed by atoms with E-state index in [-0.39, 0.29) is 0 Å². The van der Waals surface area contributed by atoms with Gasteiger partial charge in [0.1, 0.15) is 0 Å². The van der Waals surface area contributed by atoms with Gasteiger partial charge in [0.15, 0.2) is 0 Å². The molecule has 1 aliphatic carbocycles. The van der Waals surface area contributed by atoms with E-state index in [0.29, 0.717) is 12.7 Å². The molecule has 1 aliphatic rings. The Morgan fingerprint density at radius 3 is 2.64 bits per heavy atom. The number of benzene rings is 1. The Labute approximate surface area is 151 Å². The number of hydrogen-bond donors (Lipinski definition) is 0. The molecular weight excluding hydrogens is 306 g/mol. The molecule has 0 atom stereocenters. The SMILES string of the molecule is C/C=C(\C=C/COC1CCC1)c1ccc(-c2cnccc2C)c(C)c1. The van der Waals surface area contributed by atoms with Crippen LogP contribution in [0.15, 0.2) is 54.9 Å². The van der Waals surface area contributed by atoms with Crippen LogP contribution in [0.4, 0.5) is 0 Å². The fourth-order valence-electron chi connectivity index (χ4n) is 3.15. The van der Waals surface area contributed by atoms with E-state index < -0.39 is 0 Å². The van der Waals surface area contributed by atoms with Gasteiger partial charge in [-0.2, -0.15) is 0 Å². The molecule has 130 valence electrons. The summed E-state index contributed by atoms with van der Waals surface area (Å²) >= 11 is 0. The zero-order valence-corrected chi connectivity index (χ0v) is 15.5. The Bertz CT molecular complexity index is 784. The van der Waals surface area contributed by atoms with Gasteiger partial charge in [-0.1, -0.05) is 36.4 Å². The average molecular weight is 333 g/mol. The first-order chi connectivity index (χ1) is 12.2. The highest BCUT2D eigenvalue weighted by Gasteiger charge is 2.16. The summed E-state index contributed by atoms with van der Waals surface area (Å²) < 4.78 is 5.80. The maximum atomic E-state index is 5.80. The third kappa shape index (κ3) is 4.26. The van der Waals surface area contributed by atoms with Crippen molar-refractivity contribution in [2.24, 2.45) is 0 Å². The number of rotatable bonds is 6. The summed E-state index contributed by atoms with van der Waals surface area (Å²) in [7, 11) is 0. The van der Waals surface area contributed by atoms with Crippen molar-refractivity contribution < 1.29 is 4.74 Å². The minimum atomic E-state index is 0.489. The van der Waals surface area contributed by atoms with E-state index >= 15 is 0 Å². The summed E-state index contributed by atoms with van der Waals surface area (Å²) in [6, 6.07) is 8.72. The lowest BCUT2D eigenvalue weighted by molar-refractivity contribution is 0.0188. The predicted molar refractivity (Wildman–Crippen MR) is 106 cm³/mol. The minimum absolute atomic E-state index is 0.489. The minimum Gasteiger partial charge on any atom is -0.374 e. The maximum Gasteiger partial charge on any atom is 0.0654 e. The third-order valence-electron chi connectivity index (χ3n) is 4.98. The van der Waals surface area contributed by atoms with Gasteiger partial charge in [0, 0.05) is 18.0 Å². The largest absolute Gasteiger partial charge is 0.374 e. The molecule has 1 fully saturated rings. The summed E-state index contributed by atoms with van der Waals surface area (Å²) in [5.41, 5.74) is 7.46. The molecule has 1 aromatic heterocycles. The average Bonchev–Trinajstić information content (AvgIpc) is 2.57. The Morgan fingerprint density at radius 1 is 1.16 bits per heavy atom. The number of pyridine rings is 1. The third-order valence-corrected chi connectivity index (χ3v) is 4.98. The highest BCUT2D eigenvalue weighted by atomic mass is 16.5. The predicted octanol–water partition coefficient (Wildman–Crippen LogP) is 5.89. The highest BCUT2D eigenvalue weighted by molar-refractivity contribution is 5.78. The van der Waals surface area contributed by atoms with Gasteiger partial charge < -0.3 is 4.74 Å². The van der Waals surface area contributed by atoms with E-state index in [2.05, 4.69) is 68.2 Å². The second-order valence-corrected chi connectivity index (χ2v) is 6.75. The molecule has 0 spiro atoms. The maximum absolute atomic E-state index is 5.80. The molecule has 0 bridgehead atoms. The summed E-state index contributed by atoms with van der Waals surface area (Å²) in [5.74, 6) is 0. The monoisotopic (exact) mass is 333 g/mol. The standard InChI is InChI=1S/C23H27NO/c1-4-19(7-6-14-25-21-8-5-9-21)20-10-11-22(18(3)15-20)23-16-24-13-12-17(23)2/h4,6-7,10-13,15-16,21H,5,8-9,14H2,1-3H3/b7-6-,19-4+. The Hall–Kier alpha value is -2.19. The van der Waals surface area contributed by atoms with Crippen LogP contribution in [0.2, 0.25) is 0 Å². The molecule has 1 heterocycles. The normalized spacial score (nSPS) is 15.6. The van der Waals surface area contributed by atoms with Crippen LogP contribution in [0.3, 0.4) is 0 Å². The van der Waals surface area contributed by atoms with Crippen LogP contribution < -0.4 is 0 Å². The second kappa shape index (κ2) is 8.26. The fourth-order valence-corrected chi connectivity index (χ4v) is 3.15. The summed E-state index contributed by atoms with van der Waals surface area (Å²) in [6.45, 7) is 7.09. The first kappa shape index (κ1) is 17.6. The van der Waals surface area contributed by atoms with Crippen LogP contribution in [0.25, 0.3) is 16.7 Å². The van der Waals surface area contributed by atoms with Crippen molar-refractivity contribution in [3.63, 3.8) is 0 Å². The number of allylic oxidation sites excluding steroid dienone is 3. The lowest BCUT2D eigenvalue weighted by Gasteiger charge is -2.24. The molecule has 0 amide bonds. The highest BCUT2D eigenvalue weighted by Crippen LogP contribution is 2.29. The van der Waals surface area contributed by atoms with E-state index in [1.165, 1.54) is 52.7 Å². The molecule has 0 N–H and O–H groups in total. The Kier molecular flexibility index (Phi) is 5.83. The fraction of sp³-hybridized carbons (Fsp3) is 0.348. The number of aromatic nitrogens is 1. The first-order valence-corrected chi connectivity index (χ1v) is 9.15. The molecule has 0 saturated heterocycles. The van der Waals surface area contributed by atoms with E-state index in [1.807, 2.05) is 12.4 Å². The van der Waals surface area contributed by atoms with Crippen LogP contribution in [-0.4, -0.2) is 17.7 Å². The van der Waals surface area contributed by atoms with Gasteiger partial charge in [-0.25, -0.2) is 0 Å². The van der Waals surface area contributed by atoms with Gasteiger partial charge in [-0.15, -0.1) is 0 Å². The molecule has 2 heteroatoms. The van der Waals surface area contributed by atoms with Crippen molar-refractivity contribution in [1.82, 2.24) is 4.98 Å². The first-order valence-electron chi connectivity index (χ1n) is 9.15. The van der Waals surface area contributed by atoms with Gasteiger partial charge in [-0.05, 0) is 73.9 Å². The van der Waals surface area contributed by atoms with Gasteiger partial charge in [0.25, 0.3) is 0 Å². The van der Waals surface area contributed by atoms with Crippen molar-refractivity contribution in [2.45, 2.75) is 46.1 Å².